The molecule has 22 heavy (non-hydrogen) atoms. The molecule has 1 unspecified atom stereocenters. The molecule has 1 aliphatic heterocycles. The maximum absolute atomic E-state index is 5.66. The Morgan fingerprint density at radius 3 is 3.09 bits per heavy atom. The largest absolute Gasteiger partial charge is 0.382 e. The van der Waals surface area contributed by atoms with E-state index in [-0.39, 0.29) is 30.1 Å². The second-order valence-electron chi connectivity index (χ2n) is 4.87. The number of halogens is 1. The van der Waals surface area contributed by atoms with Gasteiger partial charge in [0.25, 0.3) is 0 Å². The lowest BCUT2D eigenvalue weighted by Gasteiger charge is -2.34. The predicted molar refractivity (Wildman–Crippen MR) is 100 cm³/mol. The SMILES string of the molecule is CCc1cnc(CNC(=NC)N2CCOC(COC)C2)s1.I. The molecule has 0 saturated carbocycles. The van der Waals surface area contributed by atoms with Crippen LogP contribution in [0.3, 0.4) is 0 Å². The first-order valence-electron chi connectivity index (χ1n) is 7.26. The average Bonchev–Trinajstić information content (AvgIpc) is 2.97. The fourth-order valence-corrected chi connectivity index (χ4v) is 3.08. The molecular formula is C14H25IN4O2S. The van der Waals surface area contributed by atoms with Gasteiger partial charge in [-0.15, -0.1) is 35.3 Å². The molecule has 126 valence electrons. The summed E-state index contributed by atoms with van der Waals surface area (Å²) in [6.07, 6.45) is 3.09. The minimum absolute atomic E-state index is 0. The fraction of sp³-hybridized carbons (Fsp3) is 0.714. The zero-order valence-corrected chi connectivity index (χ0v) is 16.5. The van der Waals surface area contributed by atoms with Crippen LogP contribution in [-0.2, 0) is 22.4 Å². The van der Waals surface area contributed by atoms with E-state index in [0.717, 1.165) is 30.5 Å². The summed E-state index contributed by atoms with van der Waals surface area (Å²) in [4.78, 5) is 12.3. The van der Waals surface area contributed by atoms with E-state index in [4.69, 9.17) is 9.47 Å². The highest BCUT2D eigenvalue weighted by Gasteiger charge is 2.22. The summed E-state index contributed by atoms with van der Waals surface area (Å²) in [5, 5.41) is 4.48. The number of nitrogens with one attached hydrogen (secondary N) is 1. The van der Waals surface area contributed by atoms with Gasteiger partial charge in [0, 0.05) is 38.3 Å². The van der Waals surface area contributed by atoms with E-state index >= 15 is 0 Å². The maximum Gasteiger partial charge on any atom is 0.194 e. The quantitative estimate of drug-likeness (QED) is 0.430. The lowest BCUT2D eigenvalue weighted by molar-refractivity contribution is -0.0447. The van der Waals surface area contributed by atoms with E-state index < -0.39 is 0 Å². The molecule has 0 aromatic carbocycles. The number of methoxy groups -OCH3 is 1. The number of ether oxygens (including phenoxy) is 2. The summed E-state index contributed by atoms with van der Waals surface area (Å²) in [5.74, 6) is 0.896. The van der Waals surface area contributed by atoms with Crippen molar-refractivity contribution in [2.45, 2.75) is 26.0 Å². The van der Waals surface area contributed by atoms with E-state index in [9.17, 15) is 0 Å². The normalized spacial score (nSPS) is 19.0. The van der Waals surface area contributed by atoms with Crippen LogP contribution in [0.15, 0.2) is 11.2 Å². The Kier molecular flexibility index (Phi) is 9.22. The lowest BCUT2D eigenvalue weighted by Crippen LogP contribution is -2.51. The number of hydrogen-bond donors (Lipinski definition) is 1. The van der Waals surface area contributed by atoms with Crippen LogP contribution in [0.1, 0.15) is 16.8 Å². The number of guanidine groups is 1. The Balaban J connectivity index is 0.00000242. The zero-order valence-electron chi connectivity index (χ0n) is 13.4. The maximum atomic E-state index is 5.66. The monoisotopic (exact) mass is 440 g/mol. The van der Waals surface area contributed by atoms with Crippen LogP contribution in [0.2, 0.25) is 0 Å². The smallest absolute Gasteiger partial charge is 0.194 e. The Morgan fingerprint density at radius 1 is 1.64 bits per heavy atom. The second-order valence-corrected chi connectivity index (χ2v) is 6.07. The average molecular weight is 440 g/mol. The molecule has 0 spiro atoms. The highest BCUT2D eigenvalue weighted by molar-refractivity contribution is 14.0. The molecule has 1 fully saturated rings. The molecule has 1 aromatic rings. The van der Waals surface area contributed by atoms with Gasteiger partial charge >= 0.3 is 0 Å². The van der Waals surface area contributed by atoms with Gasteiger partial charge in [0.1, 0.15) is 5.01 Å². The minimum Gasteiger partial charge on any atom is -0.382 e. The van der Waals surface area contributed by atoms with Crippen LogP contribution < -0.4 is 5.32 Å². The van der Waals surface area contributed by atoms with Gasteiger partial charge in [-0.05, 0) is 6.42 Å². The molecule has 2 rings (SSSR count). The van der Waals surface area contributed by atoms with E-state index in [0.29, 0.717) is 19.8 Å². The number of morpholine rings is 1. The van der Waals surface area contributed by atoms with Gasteiger partial charge in [-0.25, -0.2) is 4.98 Å². The summed E-state index contributed by atoms with van der Waals surface area (Å²) in [7, 11) is 3.51. The Labute approximate surface area is 153 Å². The molecule has 1 N–H and O–H groups in total. The van der Waals surface area contributed by atoms with Crippen LogP contribution in [0.25, 0.3) is 0 Å². The predicted octanol–water partition coefficient (Wildman–Crippen LogP) is 1.75. The standard InChI is InChI=1S/C14H24N4O2S.HI/c1-4-12-7-16-13(21-12)8-17-14(15-2)18-5-6-20-11(9-18)10-19-3;/h7,11H,4-6,8-10H2,1-3H3,(H,15,17);1H. The number of hydrogen-bond acceptors (Lipinski definition) is 5. The molecule has 2 heterocycles. The summed E-state index contributed by atoms with van der Waals surface area (Å²) < 4.78 is 10.8. The fourth-order valence-electron chi connectivity index (χ4n) is 2.28. The van der Waals surface area contributed by atoms with Crippen molar-refractivity contribution in [3.05, 3.63) is 16.1 Å². The number of thiazole rings is 1. The topological polar surface area (TPSA) is 59.0 Å². The van der Waals surface area contributed by atoms with Crippen molar-refractivity contribution in [1.29, 1.82) is 0 Å². The lowest BCUT2D eigenvalue weighted by atomic mass is 10.3. The molecule has 0 radical (unpaired) electrons. The molecule has 0 amide bonds. The Hall–Kier alpha value is -0.450. The molecule has 0 aliphatic carbocycles. The van der Waals surface area contributed by atoms with Crippen LogP contribution in [-0.4, -0.2) is 62.4 Å². The first-order valence-corrected chi connectivity index (χ1v) is 8.08. The van der Waals surface area contributed by atoms with Crippen LogP contribution in [0.5, 0.6) is 0 Å². The molecule has 0 bridgehead atoms. The molecule has 6 nitrogen and oxygen atoms in total. The number of aliphatic imine (C=N–C) groups is 1. The molecular weight excluding hydrogens is 415 g/mol. The van der Waals surface area contributed by atoms with Gasteiger partial charge in [-0.2, -0.15) is 0 Å². The van der Waals surface area contributed by atoms with E-state index in [1.165, 1.54) is 4.88 Å². The number of rotatable bonds is 5. The first kappa shape index (κ1) is 19.6. The number of aryl methyl sites for hydroxylation is 1. The summed E-state index contributed by atoms with van der Waals surface area (Å²) in [5.41, 5.74) is 0. The molecule has 8 heteroatoms. The summed E-state index contributed by atoms with van der Waals surface area (Å²) in [6.45, 7) is 5.81. The third-order valence-corrected chi connectivity index (χ3v) is 4.49. The highest BCUT2D eigenvalue weighted by Crippen LogP contribution is 2.13. The van der Waals surface area contributed by atoms with Gasteiger partial charge in [-0.1, -0.05) is 6.92 Å². The Bertz CT molecular complexity index is 467. The zero-order chi connectivity index (χ0) is 15.1. The summed E-state index contributed by atoms with van der Waals surface area (Å²) >= 11 is 1.75. The van der Waals surface area contributed by atoms with Crippen molar-refractivity contribution in [3.63, 3.8) is 0 Å². The Morgan fingerprint density at radius 2 is 2.45 bits per heavy atom. The minimum atomic E-state index is 0. The molecule has 1 atom stereocenters. The second kappa shape index (κ2) is 10.3. The van der Waals surface area contributed by atoms with Crippen molar-refractivity contribution in [1.82, 2.24) is 15.2 Å². The molecule has 1 saturated heterocycles. The van der Waals surface area contributed by atoms with Crippen LogP contribution in [0, 0.1) is 0 Å². The molecule has 1 aromatic heterocycles. The van der Waals surface area contributed by atoms with Crippen molar-refractivity contribution in [2.75, 3.05) is 40.5 Å². The van der Waals surface area contributed by atoms with Crippen LogP contribution >= 0.6 is 35.3 Å². The van der Waals surface area contributed by atoms with Gasteiger partial charge in [-0.3, -0.25) is 4.99 Å². The van der Waals surface area contributed by atoms with Crippen molar-refractivity contribution < 1.29 is 9.47 Å². The third-order valence-electron chi connectivity index (χ3n) is 3.35. The van der Waals surface area contributed by atoms with Crippen LogP contribution in [0.4, 0.5) is 0 Å². The van der Waals surface area contributed by atoms with Crippen molar-refractivity contribution in [3.8, 4) is 0 Å². The number of aromatic nitrogens is 1. The van der Waals surface area contributed by atoms with Gasteiger partial charge in [0.2, 0.25) is 0 Å². The summed E-state index contributed by atoms with van der Waals surface area (Å²) in [6, 6.07) is 0. The van der Waals surface area contributed by atoms with Gasteiger partial charge < -0.3 is 19.7 Å². The van der Waals surface area contributed by atoms with E-state index in [2.05, 4.69) is 27.1 Å². The molecule has 1 aliphatic rings. The van der Waals surface area contributed by atoms with Crippen molar-refractivity contribution >= 4 is 41.3 Å². The number of nitrogens with zero attached hydrogens (tertiary/aromatic N) is 3. The van der Waals surface area contributed by atoms with Gasteiger partial charge in [0.05, 0.1) is 25.9 Å². The highest BCUT2D eigenvalue weighted by atomic mass is 127. The van der Waals surface area contributed by atoms with Crippen molar-refractivity contribution in [2.24, 2.45) is 4.99 Å². The van der Waals surface area contributed by atoms with E-state index in [1.807, 2.05) is 13.2 Å². The third kappa shape index (κ3) is 5.64. The van der Waals surface area contributed by atoms with E-state index in [1.54, 1.807) is 18.4 Å². The first-order chi connectivity index (χ1) is 10.3. The van der Waals surface area contributed by atoms with Gasteiger partial charge in [0.15, 0.2) is 5.96 Å².